The third-order valence-electron chi connectivity index (χ3n) is 6.35. The molecule has 0 spiro atoms. The van der Waals surface area contributed by atoms with Crippen molar-refractivity contribution in [3.63, 3.8) is 0 Å². The van der Waals surface area contributed by atoms with Crippen LogP contribution in [0.3, 0.4) is 0 Å². The third-order valence-corrected chi connectivity index (χ3v) is 6.35. The molecule has 1 N–H and O–H groups in total. The fraction of sp³-hybridized carbons (Fsp3) is 0.652. The number of hydrogen-bond acceptors (Lipinski definition) is 2. The van der Waals surface area contributed by atoms with Gasteiger partial charge in [0.2, 0.25) is 5.91 Å². The van der Waals surface area contributed by atoms with E-state index < -0.39 is 0 Å². The van der Waals surface area contributed by atoms with Gasteiger partial charge in [0, 0.05) is 38.6 Å². The van der Waals surface area contributed by atoms with Gasteiger partial charge in [-0.3, -0.25) is 4.79 Å². The van der Waals surface area contributed by atoms with E-state index in [1.54, 1.807) is 0 Å². The van der Waals surface area contributed by atoms with Gasteiger partial charge in [-0.1, -0.05) is 44.2 Å². The Kier molecular flexibility index (Phi) is 7.35. The zero-order valence-corrected chi connectivity index (χ0v) is 17.4. The van der Waals surface area contributed by atoms with Crippen molar-refractivity contribution in [1.82, 2.24) is 15.1 Å². The monoisotopic (exact) mass is 385 g/mol. The summed E-state index contributed by atoms with van der Waals surface area (Å²) in [6.45, 7) is 7.53. The van der Waals surface area contributed by atoms with E-state index in [0.717, 1.165) is 51.7 Å². The molecular weight excluding hydrogens is 350 g/mol. The predicted molar refractivity (Wildman–Crippen MR) is 112 cm³/mol. The minimum absolute atomic E-state index is 0.0436. The summed E-state index contributed by atoms with van der Waals surface area (Å²) in [7, 11) is 0. The number of hydrogen-bond donors (Lipinski definition) is 1. The summed E-state index contributed by atoms with van der Waals surface area (Å²) in [6, 6.07) is 10.9. The molecule has 28 heavy (non-hydrogen) atoms. The van der Waals surface area contributed by atoms with Crippen molar-refractivity contribution in [3.05, 3.63) is 35.9 Å². The molecule has 2 fully saturated rings. The van der Waals surface area contributed by atoms with Crippen LogP contribution in [0.15, 0.2) is 30.3 Å². The van der Waals surface area contributed by atoms with Crippen LogP contribution in [0.4, 0.5) is 4.79 Å². The van der Waals surface area contributed by atoms with E-state index in [-0.39, 0.29) is 6.03 Å². The number of carbonyl (C=O) groups is 2. The first-order chi connectivity index (χ1) is 13.5. The molecule has 5 nitrogen and oxygen atoms in total. The highest BCUT2D eigenvalue weighted by Crippen LogP contribution is 2.22. The fourth-order valence-corrected chi connectivity index (χ4v) is 4.38. The van der Waals surface area contributed by atoms with E-state index in [2.05, 4.69) is 48.3 Å². The van der Waals surface area contributed by atoms with Crippen molar-refractivity contribution < 1.29 is 9.59 Å². The van der Waals surface area contributed by atoms with Crippen molar-refractivity contribution in [2.45, 2.75) is 58.4 Å². The standard InChI is InChI=1S/C23H35N3O2/c1-18(2)20(16-19-8-4-3-5-9-19)17-24-23(28)25-14-11-21(12-15-25)26-13-7-6-10-22(26)27/h3-5,8-9,18,20-21H,6-7,10-17H2,1-2H3,(H,24,28)/t20-/m1/s1. The van der Waals surface area contributed by atoms with Gasteiger partial charge in [0.05, 0.1) is 0 Å². The Morgan fingerprint density at radius 3 is 2.46 bits per heavy atom. The van der Waals surface area contributed by atoms with Crippen LogP contribution in [0.5, 0.6) is 0 Å². The molecule has 0 saturated carbocycles. The molecule has 1 aromatic carbocycles. The van der Waals surface area contributed by atoms with Crippen LogP contribution >= 0.6 is 0 Å². The lowest BCUT2D eigenvalue weighted by Gasteiger charge is -2.40. The smallest absolute Gasteiger partial charge is 0.317 e. The minimum atomic E-state index is 0.0436. The van der Waals surface area contributed by atoms with Crippen molar-refractivity contribution >= 4 is 11.9 Å². The van der Waals surface area contributed by atoms with Crippen LogP contribution in [-0.2, 0) is 11.2 Å². The Labute approximate surface area is 169 Å². The molecule has 0 aliphatic carbocycles. The van der Waals surface area contributed by atoms with E-state index in [4.69, 9.17) is 0 Å². The maximum Gasteiger partial charge on any atom is 0.317 e. The second-order valence-corrected chi connectivity index (χ2v) is 8.64. The first kappa shape index (κ1) is 20.7. The van der Waals surface area contributed by atoms with Crippen molar-refractivity contribution in [2.75, 3.05) is 26.2 Å². The first-order valence-corrected chi connectivity index (χ1v) is 10.9. The third kappa shape index (κ3) is 5.49. The first-order valence-electron chi connectivity index (χ1n) is 10.9. The molecule has 154 valence electrons. The highest BCUT2D eigenvalue weighted by molar-refractivity contribution is 5.77. The number of amides is 3. The predicted octanol–water partition coefficient (Wildman–Crippen LogP) is 3.69. The van der Waals surface area contributed by atoms with E-state index in [1.165, 1.54) is 5.56 Å². The second kappa shape index (κ2) is 9.94. The minimum Gasteiger partial charge on any atom is -0.340 e. The number of nitrogens with zero attached hydrogens (tertiary/aromatic N) is 2. The van der Waals surface area contributed by atoms with Gasteiger partial charge in [0.1, 0.15) is 0 Å². The topological polar surface area (TPSA) is 52.7 Å². The van der Waals surface area contributed by atoms with Crippen LogP contribution in [0.2, 0.25) is 0 Å². The molecule has 1 aromatic rings. The zero-order valence-electron chi connectivity index (χ0n) is 17.4. The number of carbonyl (C=O) groups excluding carboxylic acids is 2. The quantitative estimate of drug-likeness (QED) is 0.812. The lowest BCUT2D eigenvalue weighted by atomic mass is 9.89. The lowest BCUT2D eigenvalue weighted by Crippen LogP contribution is -2.52. The molecule has 2 saturated heterocycles. The molecule has 0 aromatic heterocycles. The Morgan fingerprint density at radius 2 is 1.82 bits per heavy atom. The molecule has 2 aliphatic heterocycles. The molecule has 1 atom stereocenters. The normalized spacial score (nSPS) is 19.8. The molecular formula is C23H35N3O2. The number of benzene rings is 1. The Hall–Kier alpha value is -2.04. The van der Waals surface area contributed by atoms with E-state index in [9.17, 15) is 9.59 Å². The van der Waals surface area contributed by atoms with E-state index in [1.807, 2.05) is 11.0 Å². The summed E-state index contributed by atoms with van der Waals surface area (Å²) in [4.78, 5) is 28.8. The van der Waals surface area contributed by atoms with Gasteiger partial charge in [-0.25, -0.2) is 4.79 Å². The summed E-state index contributed by atoms with van der Waals surface area (Å²) in [6.07, 6.45) is 5.62. The highest BCUT2D eigenvalue weighted by atomic mass is 16.2. The maximum atomic E-state index is 12.7. The molecule has 3 amide bonds. The molecule has 0 unspecified atom stereocenters. The van der Waals surface area contributed by atoms with Crippen LogP contribution in [0, 0.1) is 11.8 Å². The summed E-state index contributed by atoms with van der Waals surface area (Å²) in [5.74, 6) is 1.24. The highest BCUT2D eigenvalue weighted by Gasteiger charge is 2.30. The average molecular weight is 386 g/mol. The van der Waals surface area contributed by atoms with Gasteiger partial charge in [0.25, 0.3) is 0 Å². The van der Waals surface area contributed by atoms with Crippen molar-refractivity contribution in [1.29, 1.82) is 0 Å². The van der Waals surface area contributed by atoms with Gasteiger partial charge in [-0.15, -0.1) is 0 Å². The number of rotatable bonds is 6. The van der Waals surface area contributed by atoms with Gasteiger partial charge in [0.15, 0.2) is 0 Å². The summed E-state index contributed by atoms with van der Waals surface area (Å²) in [5, 5.41) is 3.16. The van der Waals surface area contributed by atoms with Crippen LogP contribution in [-0.4, -0.2) is 54.0 Å². The number of nitrogens with one attached hydrogen (secondary N) is 1. The summed E-state index contributed by atoms with van der Waals surface area (Å²) < 4.78 is 0. The molecule has 3 rings (SSSR count). The zero-order chi connectivity index (χ0) is 19.9. The lowest BCUT2D eigenvalue weighted by molar-refractivity contribution is -0.136. The molecule has 0 radical (unpaired) electrons. The molecule has 0 bridgehead atoms. The molecule has 5 heteroatoms. The van der Waals surface area contributed by atoms with Crippen LogP contribution < -0.4 is 5.32 Å². The summed E-state index contributed by atoms with van der Waals surface area (Å²) in [5.41, 5.74) is 1.32. The Morgan fingerprint density at radius 1 is 1.11 bits per heavy atom. The van der Waals surface area contributed by atoms with Crippen LogP contribution in [0.1, 0.15) is 51.5 Å². The van der Waals surface area contributed by atoms with Gasteiger partial charge >= 0.3 is 6.03 Å². The van der Waals surface area contributed by atoms with Gasteiger partial charge in [-0.2, -0.15) is 0 Å². The van der Waals surface area contributed by atoms with Gasteiger partial charge in [-0.05, 0) is 49.5 Å². The van der Waals surface area contributed by atoms with Crippen molar-refractivity contribution in [3.8, 4) is 0 Å². The largest absolute Gasteiger partial charge is 0.340 e. The van der Waals surface area contributed by atoms with E-state index in [0.29, 0.717) is 36.8 Å². The van der Waals surface area contributed by atoms with Crippen molar-refractivity contribution in [2.24, 2.45) is 11.8 Å². The Bertz CT molecular complexity index is 639. The number of piperidine rings is 2. The molecule has 2 heterocycles. The number of likely N-dealkylation sites (tertiary alicyclic amines) is 2. The molecule has 2 aliphatic rings. The Balaban J connectivity index is 1.45. The summed E-state index contributed by atoms with van der Waals surface area (Å²) >= 11 is 0. The van der Waals surface area contributed by atoms with Crippen LogP contribution in [0.25, 0.3) is 0 Å². The average Bonchev–Trinajstić information content (AvgIpc) is 2.72. The second-order valence-electron chi connectivity index (χ2n) is 8.64. The number of urea groups is 1. The fourth-order valence-electron chi connectivity index (χ4n) is 4.38. The van der Waals surface area contributed by atoms with Gasteiger partial charge < -0.3 is 15.1 Å². The SMILES string of the molecule is CC(C)[C@@H](CNC(=O)N1CCC(N2CCCCC2=O)CC1)Cc1ccccc1. The van der Waals surface area contributed by atoms with E-state index >= 15 is 0 Å². The maximum absolute atomic E-state index is 12.7.